The van der Waals surface area contributed by atoms with Gasteiger partial charge in [0.2, 0.25) is 0 Å². The Kier molecular flexibility index (Phi) is 5.03. The van der Waals surface area contributed by atoms with Gasteiger partial charge in [0, 0.05) is 19.2 Å². The molecule has 9 heteroatoms. The summed E-state index contributed by atoms with van der Waals surface area (Å²) in [6.07, 6.45) is -1.39. The third-order valence-corrected chi connectivity index (χ3v) is 2.17. The predicted octanol–water partition coefficient (Wildman–Crippen LogP) is 0.978. The molecule has 19 heavy (non-hydrogen) atoms. The van der Waals surface area contributed by atoms with Gasteiger partial charge in [-0.3, -0.25) is 10.1 Å². The summed E-state index contributed by atoms with van der Waals surface area (Å²) in [4.78, 5) is 20.9. The zero-order valence-corrected chi connectivity index (χ0v) is 10.1. The van der Waals surface area contributed by atoms with Crippen molar-refractivity contribution in [3.63, 3.8) is 0 Å². The van der Waals surface area contributed by atoms with E-state index in [-0.39, 0.29) is 30.3 Å². The number of hydrogen-bond acceptors (Lipinski definition) is 6. The van der Waals surface area contributed by atoms with Gasteiger partial charge in [-0.25, -0.2) is 15.6 Å². The molecule has 1 aromatic carbocycles. The lowest BCUT2D eigenvalue weighted by Gasteiger charge is -2.14. The lowest BCUT2D eigenvalue weighted by atomic mass is 10.2. The summed E-state index contributed by atoms with van der Waals surface area (Å²) in [6.45, 7) is 0.338. The second kappa shape index (κ2) is 6.52. The first-order valence-electron chi connectivity index (χ1n) is 5.15. The molecule has 0 aliphatic heterocycles. The third kappa shape index (κ3) is 3.79. The van der Waals surface area contributed by atoms with Crippen molar-refractivity contribution < 1.29 is 24.3 Å². The van der Waals surface area contributed by atoms with Gasteiger partial charge in [0.1, 0.15) is 6.61 Å². The number of hydrazine groups is 1. The fourth-order valence-electron chi connectivity index (χ4n) is 1.26. The van der Waals surface area contributed by atoms with Gasteiger partial charge in [0.05, 0.1) is 17.2 Å². The Hall–Kier alpha value is -2.39. The quantitative estimate of drug-likeness (QED) is 0.259. The topological polar surface area (TPSA) is 128 Å². The standard InChI is InChI=1S/C10H13N3O6/c1-18-4-5-19-9-6-7(12(11)10(14)15)2-3-8(9)13(16)17/h2-3,6H,4-5,11H2,1H3,(H,14,15). The number of nitro benzene ring substituents is 1. The van der Waals surface area contributed by atoms with Gasteiger partial charge in [-0.05, 0) is 6.07 Å². The van der Waals surface area contributed by atoms with Crippen molar-refractivity contribution in [1.82, 2.24) is 0 Å². The maximum Gasteiger partial charge on any atom is 0.426 e. The van der Waals surface area contributed by atoms with Crippen LogP contribution in [0.4, 0.5) is 16.2 Å². The minimum absolute atomic E-state index is 0.0607. The van der Waals surface area contributed by atoms with Crippen LogP contribution in [0.5, 0.6) is 5.75 Å². The number of carbonyl (C=O) groups is 1. The van der Waals surface area contributed by atoms with E-state index in [0.29, 0.717) is 5.01 Å². The van der Waals surface area contributed by atoms with E-state index in [1.54, 1.807) is 0 Å². The van der Waals surface area contributed by atoms with Crippen molar-refractivity contribution in [3.8, 4) is 5.75 Å². The van der Waals surface area contributed by atoms with Crippen molar-refractivity contribution in [1.29, 1.82) is 0 Å². The largest absolute Gasteiger partial charge is 0.484 e. The van der Waals surface area contributed by atoms with E-state index in [9.17, 15) is 14.9 Å². The fraction of sp³-hybridized carbons (Fsp3) is 0.300. The molecule has 0 spiro atoms. The molecule has 0 aliphatic carbocycles. The van der Waals surface area contributed by atoms with Crippen molar-refractivity contribution in [2.75, 3.05) is 25.3 Å². The highest BCUT2D eigenvalue weighted by molar-refractivity contribution is 5.85. The Labute approximate surface area is 108 Å². The van der Waals surface area contributed by atoms with Gasteiger partial charge in [0.15, 0.2) is 5.75 Å². The molecule has 0 radical (unpaired) electrons. The van der Waals surface area contributed by atoms with Gasteiger partial charge in [0.25, 0.3) is 0 Å². The molecule has 0 fully saturated rings. The SMILES string of the molecule is COCCOc1cc(N(N)C(=O)O)ccc1[N+](=O)[O-]. The van der Waals surface area contributed by atoms with Crippen molar-refractivity contribution in [2.45, 2.75) is 0 Å². The van der Waals surface area contributed by atoms with Crippen LogP contribution in [-0.4, -0.2) is 36.4 Å². The number of nitro groups is 1. The Balaban J connectivity index is 3.03. The van der Waals surface area contributed by atoms with Crippen LogP contribution in [0.3, 0.4) is 0 Å². The second-order valence-electron chi connectivity index (χ2n) is 3.40. The zero-order chi connectivity index (χ0) is 14.4. The Morgan fingerprint density at radius 3 is 2.74 bits per heavy atom. The Morgan fingerprint density at radius 2 is 2.21 bits per heavy atom. The third-order valence-electron chi connectivity index (χ3n) is 2.17. The van der Waals surface area contributed by atoms with Gasteiger partial charge in [-0.15, -0.1) is 0 Å². The molecule has 0 aliphatic rings. The van der Waals surface area contributed by atoms with Gasteiger partial charge in [-0.1, -0.05) is 0 Å². The summed E-state index contributed by atoms with van der Waals surface area (Å²) in [5, 5.41) is 20.0. The fourth-order valence-corrected chi connectivity index (χ4v) is 1.26. The van der Waals surface area contributed by atoms with Crippen LogP contribution in [-0.2, 0) is 4.74 Å². The predicted molar refractivity (Wildman–Crippen MR) is 65.2 cm³/mol. The molecule has 1 rings (SSSR count). The molecule has 0 unspecified atom stereocenters. The number of carboxylic acid groups (broad SMARTS) is 1. The number of anilines is 1. The first-order valence-corrected chi connectivity index (χ1v) is 5.15. The zero-order valence-electron chi connectivity index (χ0n) is 10.1. The van der Waals surface area contributed by atoms with Crippen LogP contribution >= 0.6 is 0 Å². The highest BCUT2D eigenvalue weighted by atomic mass is 16.6. The summed E-state index contributed by atoms with van der Waals surface area (Å²) < 4.78 is 9.92. The van der Waals surface area contributed by atoms with E-state index in [1.807, 2.05) is 0 Å². The summed E-state index contributed by atoms with van der Waals surface area (Å²) >= 11 is 0. The molecule has 0 atom stereocenters. The first kappa shape index (κ1) is 14.7. The number of methoxy groups -OCH3 is 1. The summed E-state index contributed by atoms with van der Waals surface area (Å²) in [5.41, 5.74) is -0.218. The number of amides is 1. The van der Waals surface area contributed by atoms with Crippen LogP contribution in [0.25, 0.3) is 0 Å². The van der Waals surface area contributed by atoms with Gasteiger partial charge in [-0.2, -0.15) is 0 Å². The molecule has 0 bridgehead atoms. The minimum Gasteiger partial charge on any atom is -0.484 e. The monoisotopic (exact) mass is 271 g/mol. The van der Waals surface area contributed by atoms with Crippen molar-refractivity contribution in [2.24, 2.45) is 5.84 Å². The van der Waals surface area contributed by atoms with E-state index >= 15 is 0 Å². The summed E-state index contributed by atoms with van der Waals surface area (Å²) in [6, 6.07) is 3.53. The highest BCUT2D eigenvalue weighted by Crippen LogP contribution is 2.31. The van der Waals surface area contributed by atoms with E-state index < -0.39 is 11.0 Å². The number of nitrogens with zero attached hydrogens (tertiary/aromatic N) is 2. The van der Waals surface area contributed by atoms with Crippen LogP contribution in [0.15, 0.2) is 18.2 Å². The maximum absolute atomic E-state index is 10.8. The second-order valence-corrected chi connectivity index (χ2v) is 3.40. The lowest BCUT2D eigenvalue weighted by Crippen LogP contribution is -2.36. The number of ether oxygens (including phenoxy) is 2. The van der Waals surface area contributed by atoms with Crippen LogP contribution in [0.2, 0.25) is 0 Å². The summed E-state index contributed by atoms with van der Waals surface area (Å²) in [5.74, 6) is 5.20. The molecule has 1 amide bonds. The molecular weight excluding hydrogens is 258 g/mol. The van der Waals surface area contributed by atoms with E-state index in [2.05, 4.69) is 0 Å². The number of benzene rings is 1. The molecule has 0 heterocycles. The van der Waals surface area contributed by atoms with Crippen LogP contribution in [0.1, 0.15) is 0 Å². The van der Waals surface area contributed by atoms with E-state index in [0.717, 1.165) is 6.07 Å². The average molecular weight is 271 g/mol. The minimum atomic E-state index is -1.39. The van der Waals surface area contributed by atoms with Crippen molar-refractivity contribution in [3.05, 3.63) is 28.3 Å². The Bertz CT molecular complexity index is 478. The average Bonchev–Trinajstić information content (AvgIpc) is 2.37. The first-order chi connectivity index (χ1) is 8.97. The number of nitrogens with two attached hydrogens (primary N) is 1. The van der Waals surface area contributed by atoms with Crippen LogP contribution in [0, 0.1) is 10.1 Å². The Morgan fingerprint density at radius 1 is 1.53 bits per heavy atom. The molecular formula is C10H13N3O6. The molecule has 0 aromatic heterocycles. The molecule has 3 N–H and O–H groups in total. The number of rotatable bonds is 6. The molecule has 9 nitrogen and oxygen atoms in total. The highest BCUT2D eigenvalue weighted by Gasteiger charge is 2.19. The maximum atomic E-state index is 10.8. The van der Waals surface area contributed by atoms with E-state index in [1.165, 1.54) is 19.2 Å². The summed E-state index contributed by atoms with van der Waals surface area (Å²) in [7, 11) is 1.46. The molecule has 1 aromatic rings. The van der Waals surface area contributed by atoms with Gasteiger partial charge >= 0.3 is 11.8 Å². The smallest absolute Gasteiger partial charge is 0.426 e. The van der Waals surface area contributed by atoms with E-state index in [4.69, 9.17) is 20.4 Å². The van der Waals surface area contributed by atoms with Gasteiger partial charge < -0.3 is 14.6 Å². The molecule has 104 valence electrons. The van der Waals surface area contributed by atoms with Crippen LogP contribution < -0.4 is 15.6 Å². The number of hydrogen-bond donors (Lipinski definition) is 2. The van der Waals surface area contributed by atoms with Crippen molar-refractivity contribution >= 4 is 17.5 Å². The normalized spacial score (nSPS) is 10.0. The lowest BCUT2D eigenvalue weighted by molar-refractivity contribution is -0.385. The molecule has 0 saturated heterocycles. The molecule has 0 saturated carbocycles.